The summed E-state index contributed by atoms with van der Waals surface area (Å²) in [7, 11) is 0. The van der Waals surface area contributed by atoms with Gasteiger partial charge in [0.25, 0.3) is 0 Å². The third kappa shape index (κ3) is 4.01. The molecule has 0 aliphatic heterocycles. The molecule has 0 bridgehead atoms. The third-order valence-corrected chi connectivity index (χ3v) is 3.68. The minimum absolute atomic E-state index is 0.0766. The SMILES string of the molecule is OC1CCC(c2cc(OC(F)(F)F)ccc2Cl)CC1. The van der Waals surface area contributed by atoms with E-state index in [0.717, 1.165) is 12.8 Å². The Morgan fingerprint density at radius 2 is 1.79 bits per heavy atom. The van der Waals surface area contributed by atoms with Crippen LogP contribution in [0.25, 0.3) is 0 Å². The fourth-order valence-corrected chi connectivity index (χ4v) is 2.69. The van der Waals surface area contributed by atoms with Crippen LogP contribution >= 0.6 is 11.6 Å². The molecule has 1 aliphatic carbocycles. The number of halogens is 4. The third-order valence-electron chi connectivity index (χ3n) is 3.34. The second-order valence-electron chi connectivity index (χ2n) is 4.74. The summed E-state index contributed by atoms with van der Waals surface area (Å²) in [6, 6.07) is 3.97. The summed E-state index contributed by atoms with van der Waals surface area (Å²) in [5, 5.41) is 9.88. The maximum absolute atomic E-state index is 12.2. The summed E-state index contributed by atoms with van der Waals surface area (Å²) in [5.41, 5.74) is 0.662. The second kappa shape index (κ2) is 5.59. The van der Waals surface area contributed by atoms with Gasteiger partial charge < -0.3 is 9.84 Å². The van der Waals surface area contributed by atoms with Crippen LogP contribution in [0.3, 0.4) is 0 Å². The van der Waals surface area contributed by atoms with E-state index in [1.807, 2.05) is 0 Å². The van der Waals surface area contributed by atoms with Crippen LogP contribution in [0, 0.1) is 0 Å². The number of rotatable bonds is 2. The van der Waals surface area contributed by atoms with Gasteiger partial charge in [0.05, 0.1) is 6.10 Å². The molecule has 2 nitrogen and oxygen atoms in total. The first-order valence-electron chi connectivity index (χ1n) is 6.08. The molecule has 2 rings (SSSR count). The van der Waals surface area contributed by atoms with E-state index in [4.69, 9.17) is 11.6 Å². The number of alkyl halides is 3. The molecule has 6 heteroatoms. The Labute approximate surface area is 114 Å². The molecule has 1 aromatic rings. The zero-order valence-corrected chi connectivity index (χ0v) is 10.8. The van der Waals surface area contributed by atoms with E-state index in [1.54, 1.807) is 0 Å². The number of aliphatic hydroxyl groups excluding tert-OH is 1. The number of ether oxygens (including phenoxy) is 1. The molecule has 0 radical (unpaired) electrons. The zero-order chi connectivity index (χ0) is 14.0. The highest BCUT2D eigenvalue weighted by Gasteiger charge is 2.31. The second-order valence-corrected chi connectivity index (χ2v) is 5.14. The Bertz CT molecular complexity index is 440. The van der Waals surface area contributed by atoms with Crippen molar-refractivity contribution in [2.45, 2.75) is 44.1 Å². The number of aliphatic hydroxyl groups is 1. The Morgan fingerprint density at radius 3 is 2.37 bits per heavy atom. The summed E-state index contributed by atoms with van der Waals surface area (Å²) >= 11 is 6.04. The molecule has 0 amide bonds. The van der Waals surface area contributed by atoms with Gasteiger partial charge in [-0.1, -0.05) is 11.6 Å². The summed E-state index contributed by atoms with van der Waals surface area (Å²) in [6.45, 7) is 0. The van der Waals surface area contributed by atoms with Crippen molar-refractivity contribution in [2.24, 2.45) is 0 Å². The van der Waals surface area contributed by atoms with E-state index >= 15 is 0 Å². The molecule has 1 saturated carbocycles. The topological polar surface area (TPSA) is 29.5 Å². The van der Waals surface area contributed by atoms with E-state index in [2.05, 4.69) is 4.74 Å². The van der Waals surface area contributed by atoms with Gasteiger partial charge in [0.15, 0.2) is 0 Å². The fourth-order valence-electron chi connectivity index (χ4n) is 2.42. The summed E-state index contributed by atoms with van der Waals surface area (Å²) in [6.07, 6.45) is -2.29. The van der Waals surface area contributed by atoms with Gasteiger partial charge in [-0.3, -0.25) is 0 Å². The molecular formula is C13H14ClF3O2. The lowest BCUT2D eigenvalue weighted by Crippen LogP contribution is -2.19. The quantitative estimate of drug-likeness (QED) is 0.883. The lowest BCUT2D eigenvalue weighted by molar-refractivity contribution is -0.274. The van der Waals surface area contributed by atoms with Gasteiger partial charge in [-0.05, 0) is 55.4 Å². The molecule has 1 N–H and O–H groups in total. The predicted molar refractivity (Wildman–Crippen MR) is 65.4 cm³/mol. The van der Waals surface area contributed by atoms with E-state index < -0.39 is 6.36 Å². The van der Waals surface area contributed by atoms with E-state index in [-0.39, 0.29) is 17.8 Å². The molecule has 106 valence electrons. The molecule has 0 atom stereocenters. The summed E-state index contributed by atoms with van der Waals surface area (Å²) in [4.78, 5) is 0. The minimum Gasteiger partial charge on any atom is -0.406 e. The van der Waals surface area contributed by atoms with Gasteiger partial charge in [0.1, 0.15) is 5.75 Å². The highest BCUT2D eigenvalue weighted by atomic mass is 35.5. The average molecular weight is 295 g/mol. The Kier molecular flexibility index (Phi) is 4.26. The van der Waals surface area contributed by atoms with Crippen molar-refractivity contribution < 1.29 is 23.0 Å². The normalized spacial score (nSPS) is 24.3. The molecule has 1 aromatic carbocycles. The lowest BCUT2D eigenvalue weighted by atomic mass is 9.83. The molecule has 1 fully saturated rings. The van der Waals surface area contributed by atoms with Gasteiger partial charge in [0, 0.05) is 5.02 Å². The fraction of sp³-hybridized carbons (Fsp3) is 0.538. The van der Waals surface area contributed by atoms with Crippen LogP contribution < -0.4 is 4.74 Å². The van der Waals surface area contributed by atoms with Crippen LogP contribution in [0.1, 0.15) is 37.2 Å². The standard InChI is InChI=1S/C13H14ClF3O2/c14-12-6-5-10(19-13(15,16)17)7-11(12)8-1-3-9(18)4-2-8/h5-9,18H,1-4H2. The van der Waals surface area contributed by atoms with Crippen molar-refractivity contribution in [1.82, 2.24) is 0 Å². The summed E-state index contributed by atoms with van der Waals surface area (Å²) in [5.74, 6) is -0.175. The number of benzene rings is 1. The van der Waals surface area contributed by atoms with Crippen LogP contribution in [-0.2, 0) is 0 Å². The average Bonchev–Trinajstić information content (AvgIpc) is 2.31. The smallest absolute Gasteiger partial charge is 0.406 e. The maximum atomic E-state index is 12.2. The molecule has 0 aromatic heterocycles. The van der Waals surface area contributed by atoms with Crippen LogP contribution in [-0.4, -0.2) is 17.6 Å². The van der Waals surface area contributed by atoms with Crippen molar-refractivity contribution in [1.29, 1.82) is 0 Å². The molecule has 0 spiro atoms. The highest BCUT2D eigenvalue weighted by Crippen LogP contribution is 2.38. The molecular weight excluding hydrogens is 281 g/mol. The van der Waals surface area contributed by atoms with Crippen molar-refractivity contribution in [3.05, 3.63) is 28.8 Å². The molecule has 1 aliphatic rings. The minimum atomic E-state index is -4.70. The van der Waals surface area contributed by atoms with E-state index in [9.17, 15) is 18.3 Å². The lowest BCUT2D eigenvalue weighted by Gasteiger charge is -2.26. The van der Waals surface area contributed by atoms with Crippen LogP contribution in [0.4, 0.5) is 13.2 Å². The Balaban J connectivity index is 2.17. The molecule has 19 heavy (non-hydrogen) atoms. The van der Waals surface area contributed by atoms with Gasteiger partial charge >= 0.3 is 6.36 Å². The van der Waals surface area contributed by atoms with E-state index in [0.29, 0.717) is 23.4 Å². The molecule has 0 unspecified atom stereocenters. The van der Waals surface area contributed by atoms with Crippen molar-refractivity contribution in [2.75, 3.05) is 0 Å². The van der Waals surface area contributed by atoms with Crippen LogP contribution in [0.5, 0.6) is 5.75 Å². The number of hydrogen-bond donors (Lipinski definition) is 1. The van der Waals surface area contributed by atoms with Gasteiger partial charge in [-0.2, -0.15) is 0 Å². The first-order chi connectivity index (χ1) is 8.85. The van der Waals surface area contributed by atoms with Crippen molar-refractivity contribution in [3.63, 3.8) is 0 Å². The van der Waals surface area contributed by atoms with Gasteiger partial charge in [-0.25, -0.2) is 0 Å². The van der Waals surface area contributed by atoms with Gasteiger partial charge in [0.2, 0.25) is 0 Å². The molecule has 0 heterocycles. The van der Waals surface area contributed by atoms with Crippen LogP contribution in [0.15, 0.2) is 18.2 Å². The van der Waals surface area contributed by atoms with Crippen molar-refractivity contribution in [3.8, 4) is 5.75 Å². The van der Waals surface area contributed by atoms with Crippen molar-refractivity contribution >= 4 is 11.6 Å². The maximum Gasteiger partial charge on any atom is 0.573 e. The largest absolute Gasteiger partial charge is 0.573 e. The zero-order valence-electron chi connectivity index (χ0n) is 10.1. The predicted octanol–water partition coefficient (Wildman–Crippen LogP) is 4.26. The number of hydrogen-bond acceptors (Lipinski definition) is 2. The molecule has 0 saturated heterocycles. The Morgan fingerprint density at radius 1 is 1.16 bits per heavy atom. The monoisotopic (exact) mass is 294 g/mol. The van der Waals surface area contributed by atoms with Gasteiger partial charge in [-0.15, -0.1) is 13.2 Å². The first-order valence-corrected chi connectivity index (χ1v) is 6.46. The first kappa shape index (κ1) is 14.5. The summed E-state index contributed by atoms with van der Waals surface area (Å²) < 4.78 is 40.4. The highest BCUT2D eigenvalue weighted by molar-refractivity contribution is 6.31. The van der Waals surface area contributed by atoms with E-state index in [1.165, 1.54) is 18.2 Å². The Hall–Kier alpha value is -0.940. The van der Waals surface area contributed by atoms with Crippen LogP contribution in [0.2, 0.25) is 5.02 Å².